The van der Waals surface area contributed by atoms with E-state index in [0.717, 1.165) is 39.1 Å². The summed E-state index contributed by atoms with van der Waals surface area (Å²) in [5.41, 5.74) is 0.713. The van der Waals surface area contributed by atoms with Crippen LogP contribution in [0.1, 0.15) is 12.0 Å². The summed E-state index contributed by atoms with van der Waals surface area (Å²) in [6.45, 7) is 5.20. The van der Waals surface area contributed by atoms with Crippen molar-refractivity contribution < 1.29 is 10.0 Å². The molecule has 6 nitrogen and oxygen atoms in total. The number of benzene rings is 1. The summed E-state index contributed by atoms with van der Waals surface area (Å²) in [4.78, 5) is 15.2. The normalized spacial score (nSPS) is 17.2. The number of nitro benzene ring substituents is 1. The Hall–Kier alpha value is -1.66. The molecule has 1 fully saturated rings. The first-order chi connectivity index (χ1) is 9.56. The third-order valence-electron chi connectivity index (χ3n) is 3.78. The van der Waals surface area contributed by atoms with Gasteiger partial charge in [-0.15, -0.1) is 0 Å². The maximum Gasteiger partial charge on any atom is 0.272 e. The molecule has 0 aromatic heterocycles. The second-order valence-electron chi connectivity index (χ2n) is 5.32. The number of piperazine rings is 1. The third-order valence-corrected chi connectivity index (χ3v) is 3.78. The number of nitrogens with zero attached hydrogens (tertiary/aromatic N) is 3. The van der Waals surface area contributed by atoms with E-state index in [1.165, 1.54) is 18.2 Å². The van der Waals surface area contributed by atoms with E-state index in [2.05, 4.69) is 16.8 Å². The summed E-state index contributed by atoms with van der Waals surface area (Å²) in [6.07, 6.45) is 1.49. The monoisotopic (exact) mass is 279 g/mol. The fourth-order valence-electron chi connectivity index (χ4n) is 2.51. The van der Waals surface area contributed by atoms with Gasteiger partial charge in [0, 0.05) is 37.8 Å². The molecule has 2 rings (SSSR count). The van der Waals surface area contributed by atoms with Gasteiger partial charge < -0.3 is 14.9 Å². The van der Waals surface area contributed by atoms with Gasteiger partial charge in [0.15, 0.2) is 0 Å². The number of hydrogen-bond donors (Lipinski definition) is 1. The van der Waals surface area contributed by atoms with Crippen LogP contribution in [0.3, 0.4) is 0 Å². The quantitative estimate of drug-likeness (QED) is 0.653. The minimum Gasteiger partial charge on any atom is -0.508 e. The number of hydrogen-bond acceptors (Lipinski definition) is 5. The van der Waals surface area contributed by atoms with Crippen LogP contribution >= 0.6 is 0 Å². The largest absolute Gasteiger partial charge is 0.508 e. The molecular weight excluding hydrogens is 258 g/mol. The van der Waals surface area contributed by atoms with E-state index in [1.54, 1.807) is 0 Å². The Bertz CT molecular complexity index is 471. The zero-order chi connectivity index (χ0) is 14.5. The summed E-state index contributed by atoms with van der Waals surface area (Å²) in [5.74, 6) is 0.0881. The molecule has 0 unspecified atom stereocenters. The molecule has 0 spiro atoms. The van der Waals surface area contributed by atoms with E-state index < -0.39 is 0 Å². The SMILES string of the molecule is CN1CCN(CCCc2cc(O)ccc2[N+](=O)[O-])CC1. The number of rotatable bonds is 5. The van der Waals surface area contributed by atoms with Crippen LogP contribution in [0.5, 0.6) is 5.75 Å². The van der Waals surface area contributed by atoms with E-state index in [-0.39, 0.29) is 16.4 Å². The van der Waals surface area contributed by atoms with Crippen molar-refractivity contribution in [2.24, 2.45) is 0 Å². The molecule has 1 N–H and O–H groups in total. The Morgan fingerprint density at radius 1 is 1.30 bits per heavy atom. The first kappa shape index (κ1) is 14.7. The first-order valence-corrected chi connectivity index (χ1v) is 6.93. The van der Waals surface area contributed by atoms with Crippen LogP contribution in [0.15, 0.2) is 18.2 Å². The van der Waals surface area contributed by atoms with Gasteiger partial charge in [0.05, 0.1) is 4.92 Å². The lowest BCUT2D eigenvalue weighted by molar-refractivity contribution is -0.385. The van der Waals surface area contributed by atoms with Crippen molar-refractivity contribution in [3.05, 3.63) is 33.9 Å². The Balaban J connectivity index is 1.87. The lowest BCUT2D eigenvalue weighted by Crippen LogP contribution is -2.44. The summed E-state index contributed by atoms with van der Waals surface area (Å²) < 4.78 is 0. The Morgan fingerprint density at radius 3 is 2.65 bits per heavy atom. The van der Waals surface area contributed by atoms with E-state index in [1.807, 2.05) is 0 Å². The van der Waals surface area contributed by atoms with Crippen molar-refractivity contribution in [1.29, 1.82) is 0 Å². The molecule has 1 saturated heterocycles. The molecule has 1 aromatic carbocycles. The molecule has 6 heteroatoms. The highest BCUT2D eigenvalue weighted by atomic mass is 16.6. The van der Waals surface area contributed by atoms with Crippen LogP contribution < -0.4 is 0 Å². The molecule has 0 bridgehead atoms. The highest BCUT2D eigenvalue weighted by Gasteiger charge is 2.16. The molecule has 0 aliphatic carbocycles. The van der Waals surface area contributed by atoms with Gasteiger partial charge in [0.25, 0.3) is 5.69 Å². The molecular formula is C14H21N3O3. The fourth-order valence-corrected chi connectivity index (χ4v) is 2.51. The highest BCUT2D eigenvalue weighted by Crippen LogP contribution is 2.24. The second kappa shape index (κ2) is 6.67. The van der Waals surface area contributed by atoms with Gasteiger partial charge in [0.2, 0.25) is 0 Å². The van der Waals surface area contributed by atoms with Crippen LogP contribution in [0, 0.1) is 10.1 Å². The highest BCUT2D eigenvalue weighted by molar-refractivity contribution is 5.44. The van der Waals surface area contributed by atoms with Crippen molar-refractivity contribution in [3.63, 3.8) is 0 Å². The van der Waals surface area contributed by atoms with Gasteiger partial charge in [-0.3, -0.25) is 10.1 Å². The van der Waals surface area contributed by atoms with Crippen molar-refractivity contribution in [2.45, 2.75) is 12.8 Å². The number of aryl methyl sites for hydroxylation is 1. The molecule has 0 radical (unpaired) electrons. The summed E-state index contributed by atoms with van der Waals surface area (Å²) in [7, 11) is 2.12. The van der Waals surface area contributed by atoms with Gasteiger partial charge >= 0.3 is 0 Å². The molecule has 1 aliphatic rings. The molecule has 0 amide bonds. The average Bonchev–Trinajstić information content (AvgIpc) is 2.41. The van der Waals surface area contributed by atoms with E-state index in [4.69, 9.17) is 0 Å². The molecule has 0 atom stereocenters. The topological polar surface area (TPSA) is 69.8 Å². The van der Waals surface area contributed by atoms with Gasteiger partial charge in [-0.25, -0.2) is 0 Å². The number of phenolic OH excluding ortho intramolecular Hbond substituents is 1. The van der Waals surface area contributed by atoms with Gasteiger partial charge in [0.1, 0.15) is 5.75 Å². The first-order valence-electron chi connectivity index (χ1n) is 6.93. The van der Waals surface area contributed by atoms with Crippen LogP contribution in [0.25, 0.3) is 0 Å². The minimum absolute atomic E-state index is 0.0881. The van der Waals surface area contributed by atoms with Gasteiger partial charge in [-0.2, -0.15) is 0 Å². The Labute approximate surface area is 118 Å². The number of nitro groups is 1. The van der Waals surface area contributed by atoms with Crippen LogP contribution in [-0.4, -0.2) is 59.6 Å². The van der Waals surface area contributed by atoms with Gasteiger partial charge in [-0.05, 0) is 38.6 Å². The smallest absolute Gasteiger partial charge is 0.272 e. The Morgan fingerprint density at radius 2 is 2.00 bits per heavy atom. The molecule has 1 aliphatic heterocycles. The summed E-state index contributed by atoms with van der Waals surface area (Å²) in [5, 5.41) is 20.4. The van der Waals surface area contributed by atoms with Crippen molar-refractivity contribution >= 4 is 5.69 Å². The number of likely N-dealkylation sites (N-methyl/N-ethyl adjacent to an activating group) is 1. The predicted molar refractivity (Wildman–Crippen MR) is 77.0 cm³/mol. The number of aromatic hydroxyl groups is 1. The molecule has 20 heavy (non-hydrogen) atoms. The average molecular weight is 279 g/mol. The molecule has 0 saturated carbocycles. The zero-order valence-electron chi connectivity index (χ0n) is 11.8. The fraction of sp³-hybridized carbons (Fsp3) is 0.571. The van der Waals surface area contributed by atoms with Crippen LogP contribution in [0.4, 0.5) is 5.69 Å². The maximum absolute atomic E-state index is 10.9. The summed E-state index contributed by atoms with van der Waals surface area (Å²) in [6, 6.07) is 4.24. The third kappa shape index (κ3) is 3.91. The Kier molecular flexibility index (Phi) is 4.92. The van der Waals surface area contributed by atoms with Crippen LogP contribution in [-0.2, 0) is 6.42 Å². The lowest BCUT2D eigenvalue weighted by Gasteiger charge is -2.32. The van der Waals surface area contributed by atoms with E-state index in [9.17, 15) is 15.2 Å². The van der Waals surface area contributed by atoms with Crippen LogP contribution in [0.2, 0.25) is 0 Å². The minimum atomic E-state index is -0.384. The second-order valence-corrected chi connectivity index (χ2v) is 5.32. The number of phenols is 1. The van der Waals surface area contributed by atoms with E-state index in [0.29, 0.717) is 12.0 Å². The van der Waals surface area contributed by atoms with Crippen molar-refractivity contribution in [2.75, 3.05) is 39.8 Å². The standard InChI is InChI=1S/C14H21N3O3/c1-15-7-9-16(10-8-15)6-2-3-12-11-13(18)4-5-14(12)17(19)20/h4-5,11,18H,2-3,6-10H2,1H3. The maximum atomic E-state index is 10.9. The zero-order valence-corrected chi connectivity index (χ0v) is 11.8. The molecule has 110 valence electrons. The van der Waals surface area contributed by atoms with Crippen molar-refractivity contribution in [3.8, 4) is 5.75 Å². The summed E-state index contributed by atoms with van der Waals surface area (Å²) >= 11 is 0. The van der Waals surface area contributed by atoms with E-state index >= 15 is 0 Å². The lowest BCUT2D eigenvalue weighted by atomic mass is 10.1. The van der Waals surface area contributed by atoms with Gasteiger partial charge in [-0.1, -0.05) is 0 Å². The van der Waals surface area contributed by atoms with Crippen molar-refractivity contribution in [1.82, 2.24) is 9.80 Å². The molecule has 1 aromatic rings. The predicted octanol–water partition coefficient (Wildman–Crippen LogP) is 1.48. The molecule has 1 heterocycles.